The van der Waals surface area contributed by atoms with Crippen LogP contribution in [-0.4, -0.2) is 74.9 Å². The van der Waals surface area contributed by atoms with E-state index in [1.165, 1.54) is 13.2 Å². The molecule has 2 aliphatic heterocycles. The average molecular weight is 338 g/mol. The van der Waals surface area contributed by atoms with Gasteiger partial charge >= 0.3 is 0 Å². The molecule has 1 amide bonds. The average Bonchev–Trinajstić information content (AvgIpc) is 2.67. The molecule has 0 aliphatic carbocycles. The second-order valence-electron chi connectivity index (χ2n) is 6.45. The molecule has 24 heavy (non-hydrogen) atoms. The summed E-state index contributed by atoms with van der Waals surface area (Å²) in [6.45, 7) is 3.54. The van der Waals surface area contributed by atoms with E-state index in [0.717, 1.165) is 12.1 Å². The van der Waals surface area contributed by atoms with E-state index in [1.807, 2.05) is 6.07 Å². The number of ether oxygens (including phenoxy) is 3. The molecule has 0 radical (unpaired) electrons. The van der Waals surface area contributed by atoms with Gasteiger partial charge in [0, 0.05) is 26.7 Å². The van der Waals surface area contributed by atoms with Gasteiger partial charge in [0.05, 0.1) is 26.9 Å². The zero-order valence-corrected chi connectivity index (χ0v) is 14.1. The van der Waals surface area contributed by atoms with E-state index in [4.69, 9.17) is 14.2 Å². The number of carbonyl (C=O) groups is 1. The van der Waals surface area contributed by atoms with Crippen molar-refractivity contribution in [2.45, 2.75) is 12.1 Å². The van der Waals surface area contributed by atoms with E-state index >= 15 is 0 Å². The number of nitrogens with zero attached hydrogens (tertiary/aromatic N) is 2. The van der Waals surface area contributed by atoms with Crippen LogP contribution in [0.2, 0.25) is 0 Å². The highest BCUT2D eigenvalue weighted by Gasteiger charge is 2.41. The first-order chi connectivity index (χ1) is 11.5. The zero-order chi connectivity index (χ0) is 17.2. The number of hydrogen-bond donors (Lipinski definition) is 0. The number of benzene rings is 1. The number of morpholine rings is 1. The minimum atomic E-state index is -0.524. The molecule has 132 valence electrons. The van der Waals surface area contributed by atoms with Crippen LogP contribution >= 0.6 is 0 Å². The Kier molecular flexibility index (Phi) is 5.03. The lowest BCUT2D eigenvalue weighted by molar-refractivity contribution is -0.143. The minimum absolute atomic E-state index is 0.0372. The Bertz CT molecular complexity index is 612. The molecule has 1 atom stereocenters. The second kappa shape index (κ2) is 7.04. The van der Waals surface area contributed by atoms with Crippen molar-refractivity contribution in [3.63, 3.8) is 0 Å². The molecule has 0 N–H and O–H groups in total. The number of halogens is 1. The SMILES string of the molecule is COc1ccc(CN2CCOC3(COCC(=O)N(C)C3)C2)cc1F. The summed E-state index contributed by atoms with van der Waals surface area (Å²) in [6, 6.07) is 5.01. The monoisotopic (exact) mass is 338 g/mol. The third-order valence-electron chi connectivity index (χ3n) is 4.49. The van der Waals surface area contributed by atoms with Crippen LogP contribution in [-0.2, 0) is 20.8 Å². The Labute approximate surface area is 141 Å². The number of rotatable bonds is 3. The number of carbonyl (C=O) groups excluding carboxylic acids is 1. The van der Waals surface area contributed by atoms with Crippen LogP contribution in [0.15, 0.2) is 18.2 Å². The molecule has 1 aromatic carbocycles. The molecule has 0 aromatic heterocycles. The lowest BCUT2D eigenvalue weighted by Crippen LogP contribution is -2.58. The van der Waals surface area contributed by atoms with Gasteiger partial charge in [-0.3, -0.25) is 9.69 Å². The predicted molar refractivity (Wildman–Crippen MR) is 85.4 cm³/mol. The molecule has 2 heterocycles. The van der Waals surface area contributed by atoms with Gasteiger partial charge in [0.25, 0.3) is 0 Å². The first kappa shape index (κ1) is 17.1. The predicted octanol–water partition coefficient (Wildman–Crippen LogP) is 0.894. The fourth-order valence-corrected chi connectivity index (χ4v) is 3.31. The van der Waals surface area contributed by atoms with Gasteiger partial charge in [-0.15, -0.1) is 0 Å². The minimum Gasteiger partial charge on any atom is -0.494 e. The van der Waals surface area contributed by atoms with Crippen molar-refractivity contribution in [1.29, 1.82) is 0 Å². The molecule has 0 saturated carbocycles. The number of amides is 1. The van der Waals surface area contributed by atoms with Crippen LogP contribution < -0.4 is 4.74 Å². The first-order valence-electron chi connectivity index (χ1n) is 8.02. The maximum atomic E-state index is 13.9. The van der Waals surface area contributed by atoms with Gasteiger partial charge in [0.2, 0.25) is 5.91 Å². The zero-order valence-electron chi connectivity index (χ0n) is 14.1. The van der Waals surface area contributed by atoms with Gasteiger partial charge in [-0.05, 0) is 17.7 Å². The molecule has 6 nitrogen and oxygen atoms in total. The Morgan fingerprint density at radius 2 is 2.21 bits per heavy atom. The van der Waals surface area contributed by atoms with Crippen LogP contribution in [0.1, 0.15) is 5.56 Å². The lowest BCUT2D eigenvalue weighted by atomic mass is 10.0. The molecule has 2 saturated heterocycles. The Morgan fingerprint density at radius 1 is 1.38 bits per heavy atom. The van der Waals surface area contributed by atoms with E-state index < -0.39 is 5.60 Å². The Balaban J connectivity index is 1.69. The van der Waals surface area contributed by atoms with Crippen LogP contribution in [0.25, 0.3) is 0 Å². The molecule has 0 bridgehead atoms. The standard InChI is InChI=1S/C17H23FN2O4/c1-19-10-17(12-23-9-16(19)21)11-20(5-6-24-17)8-13-3-4-15(22-2)14(18)7-13/h3-4,7H,5-6,8-12H2,1-2H3. The quantitative estimate of drug-likeness (QED) is 0.819. The molecule has 1 unspecified atom stereocenters. The summed E-state index contributed by atoms with van der Waals surface area (Å²) in [5, 5.41) is 0. The van der Waals surface area contributed by atoms with Crippen molar-refractivity contribution in [3.05, 3.63) is 29.6 Å². The number of likely N-dealkylation sites (N-methyl/N-ethyl adjacent to an activating group) is 1. The molecule has 2 aliphatic rings. The van der Waals surface area contributed by atoms with Crippen LogP contribution in [0.4, 0.5) is 4.39 Å². The van der Waals surface area contributed by atoms with E-state index in [9.17, 15) is 9.18 Å². The Morgan fingerprint density at radius 3 is 2.96 bits per heavy atom. The van der Waals surface area contributed by atoms with E-state index in [-0.39, 0.29) is 24.1 Å². The summed E-state index contributed by atoms with van der Waals surface area (Å²) in [5.41, 5.74) is 0.355. The molecule has 2 fully saturated rings. The van der Waals surface area contributed by atoms with E-state index in [0.29, 0.717) is 32.8 Å². The van der Waals surface area contributed by atoms with Gasteiger partial charge in [-0.2, -0.15) is 0 Å². The van der Waals surface area contributed by atoms with Gasteiger partial charge in [0.15, 0.2) is 11.6 Å². The summed E-state index contributed by atoms with van der Waals surface area (Å²) in [7, 11) is 3.22. The smallest absolute Gasteiger partial charge is 0.248 e. The first-order valence-corrected chi connectivity index (χ1v) is 8.02. The maximum absolute atomic E-state index is 13.9. The highest BCUT2D eigenvalue weighted by molar-refractivity contribution is 5.77. The highest BCUT2D eigenvalue weighted by atomic mass is 19.1. The molecule has 1 aromatic rings. The largest absolute Gasteiger partial charge is 0.494 e. The summed E-state index contributed by atoms with van der Waals surface area (Å²) < 4.78 is 30.3. The normalized spacial score (nSPS) is 25.8. The molecule has 7 heteroatoms. The molecule has 1 spiro atoms. The van der Waals surface area contributed by atoms with E-state index in [1.54, 1.807) is 18.0 Å². The summed E-state index contributed by atoms with van der Waals surface area (Å²) in [4.78, 5) is 15.7. The number of hydrogen-bond acceptors (Lipinski definition) is 5. The number of methoxy groups -OCH3 is 1. The second-order valence-corrected chi connectivity index (χ2v) is 6.45. The van der Waals surface area contributed by atoms with Crippen molar-refractivity contribution in [3.8, 4) is 5.75 Å². The summed E-state index contributed by atoms with van der Waals surface area (Å²) in [5.74, 6) is -0.152. The van der Waals surface area contributed by atoms with E-state index in [2.05, 4.69) is 4.90 Å². The molecular formula is C17H23FN2O4. The molecular weight excluding hydrogens is 315 g/mol. The lowest BCUT2D eigenvalue weighted by Gasteiger charge is -2.42. The fraction of sp³-hybridized carbons (Fsp3) is 0.588. The van der Waals surface area contributed by atoms with Crippen molar-refractivity contribution < 1.29 is 23.4 Å². The van der Waals surface area contributed by atoms with Gasteiger partial charge in [-0.25, -0.2) is 4.39 Å². The fourth-order valence-electron chi connectivity index (χ4n) is 3.31. The van der Waals surface area contributed by atoms with Crippen LogP contribution in [0, 0.1) is 5.82 Å². The van der Waals surface area contributed by atoms with Crippen molar-refractivity contribution in [2.75, 3.05) is 53.6 Å². The molecule has 3 rings (SSSR count). The summed E-state index contributed by atoms with van der Waals surface area (Å²) >= 11 is 0. The van der Waals surface area contributed by atoms with Crippen molar-refractivity contribution >= 4 is 5.91 Å². The van der Waals surface area contributed by atoms with Crippen molar-refractivity contribution in [1.82, 2.24) is 9.80 Å². The Hall–Kier alpha value is -1.70. The van der Waals surface area contributed by atoms with Gasteiger partial charge in [-0.1, -0.05) is 6.07 Å². The maximum Gasteiger partial charge on any atom is 0.248 e. The topological polar surface area (TPSA) is 51.2 Å². The van der Waals surface area contributed by atoms with Crippen LogP contribution in [0.3, 0.4) is 0 Å². The summed E-state index contributed by atoms with van der Waals surface area (Å²) in [6.07, 6.45) is 0. The third kappa shape index (κ3) is 3.68. The third-order valence-corrected chi connectivity index (χ3v) is 4.49. The van der Waals surface area contributed by atoms with Gasteiger partial charge < -0.3 is 19.1 Å². The van der Waals surface area contributed by atoms with Gasteiger partial charge in [0.1, 0.15) is 12.2 Å². The van der Waals surface area contributed by atoms with Crippen molar-refractivity contribution in [2.24, 2.45) is 0 Å². The van der Waals surface area contributed by atoms with Crippen LogP contribution in [0.5, 0.6) is 5.75 Å². The highest BCUT2D eigenvalue weighted by Crippen LogP contribution is 2.25.